The van der Waals surface area contributed by atoms with Crippen LogP contribution in [-0.4, -0.2) is 26.4 Å². The lowest BCUT2D eigenvalue weighted by Gasteiger charge is -2.06. The van der Waals surface area contributed by atoms with Crippen LogP contribution in [0, 0.1) is 6.92 Å². The maximum atomic E-state index is 12.0. The zero-order valence-corrected chi connectivity index (χ0v) is 14.4. The molecule has 0 fully saturated rings. The van der Waals surface area contributed by atoms with Gasteiger partial charge in [0.25, 0.3) is 0 Å². The summed E-state index contributed by atoms with van der Waals surface area (Å²) < 4.78 is 1.91. The highest BCUT2D eigenvalue weighted by molar-refractivity contribution is 7.99. The van der Waals surface area contributed by atoms with Gasteiger partial charge in [0.05, 0.1) is 5.75 Å². The predicted octanol–water partition coefficient (Wildman–Crippen LogP) is 3.52. The lowest BCUT2D eigenvalue weighted by molar-refractivity contribution is -0.113. The molecule has 0 bridgehead atoms. The van der Waals surface area contributed by atoms with Crippen LogP contribution in [0.3, 0.4) is 0 Å². The molecular weight excluding hydrogens is 320 g/mol. The van der Waals surface area contributed by atoms with Crippen molar-refractivity contribution >= 4 is 23.4 Å². The first-order valence-corrected chi connectivity index (χ1v) is 8.56. The van der Waals surface area contributed by atoms with Gasteiger partial charge >= 0.3 is 0 Å². The Morgan fingerprint density at radius 3 is 2.67 bits per heavy atom. The Kier molecular flexibility index (Phi) is 4.96. The lowest BCUT2D eigenvalue weighted by atomic mass is 10.1. The number of benzene rings is 2. The van der Waals surface area contributed by atoms with Gasteiger partial charge in [-0.2, -0.15) is 0 Å². The van der Waals surface area contributed by atoms with Crippen molar-refractivity contribution < 1.29 is 4.79 Å². The summed E-state index contributed by atoms with van der Waals surface area (Å²) in [7, 11) is 1.91. The van der Waals surface area contributed by atoms with E-state index in [2.05, 4.69) is 21.6 Å². The highest BCUT2D eigenvalue weighted by Gasteiger charge is 2.13. The third kappa shape index (κ3) is 3.83. The summed E-state index contributed by atoms with van der Waals surface area (Å²) >= 11 is 1.37. The molecule has 6 heteroatoms. The molecule has 0 spiro atoms. The number of anilines is 1. The average Bonchev–Trinajstić information content (AvgIpc) is 2.95. The second kappa shape index (κ2) is 7.31. The van der Waals surface area contributed by atoms with Crippen molar-refractivity contribution in [2.75, 3.05) is 11.1 Å². The molecule has 2 aromatic carbocycles. The average molecular weight is 338 g/mol. The molecule has 0 aliphatic carbocycles. The standard InChI is InChI=1S/C18H18N4OS/c1-13-7-6-8-14(11-13)17-20-21-18(22(17)2)24-12-16(23)19-15-9-4-3-5-10-15/h3-11H,12H2,1-2H3,(H,19,23). The molecule has 0 unspecified atom stereocenters. The maximum absolute atomic E-state index is 12.0. The molecule has 1 heterocycles. The fourth-order valence-electron chi connectivity index (χ4n) is 2.32. The Hall–Kier alpha value is -2.60. The smallest absolute Gasteiger partial charge is 0.234 e. The molecule has 0 aliphatic heterocycles. The number of para-hydroxylation sites is 1. The third-order valence-corrected chi connectivity index (χ3v) is 4.52. The molecule has 0 radical (unpaired) electrons. The predicted molar refractivity (Wildman–Crippen MR) is 97.0 cm³/mol. The van der Waals surface area contributed by atoms with Gasteiger partial charge < -0.3 is 9.88 Å². The van der Waals surface area contributed by atoms with Crippen molar-refractivity contribution in [3.63, 3.8) is 0 Å². The molecule has 3 rings (SSSR count). The molecule has 1 N–H and O–H groups in total. The van der Waals surface area contributed by atoms with E-state index in [4.69, 9.17) is 0 Å². The highest BCUT2D eigenvalue weighted by Crippen LogP contribution is 2.23. The van der Waals surface area contributed by atoms with Crippen molar-refractivity contribution in [1.29, 1.82) is 0 Å². The number of rotatable bonds is 5. The molecule has 0 saturated carbocycles. The van der Waals surface area contributed by atoms with Gasteiger partial charge in [0.15, 0.2) is 11.0 Å². The van der Waals surface area contributed by atoms with Gasteiger partial charge in [-0.1, -0.05) is 53.7 Å². The van der Waals surface area contributed by atoms with Crippen LogP contribution in [0.1, 0.15) is 5.56 Å². The quantitative estimate of drug-likeness (QED) is 0.723. The number of nitrogens with zero attached hydrogens (tertiary/aromatic N) is 3. The largest absolute Gasteiger partial charge is 0.325 e. The molecule has 0 saturated heterocycles. The summed E-state index contributed by atoms with van der Waals surface area (Å²) in [6, 6.07) is 17.5. The summed E-state index contributed by atoms with van der Waals surface area (Å²) in [4.78, 5) is 12.0. The zero-order valence-electron chi connectivity index (χ0n) is 13.6. The number of hydrogen-bond donors (Lipinski definition) is 1. The molecule has 0 aliphatic rings. The van der Waals surface area contributed by atoms with Gasteiger partial charge in [-0.25, -0.2) is 0 Å². The number of carbonyl (C=O) groups excluding carboxylic acids is 1. The number of hydrogen-bond acceptors (Lipinski definition) is 4. The van der Waals surface area contributed by atoms with Crippen LogP contribution in [0.5, 0.6) is 0 Å². The fraction of sp³-hybridized carbons (Fsp3) is 0.167. The fourth-order valence-corrected chi connectivity index (χ4v) is 3.04. The number of aromatic nitrogens is 3. The van der Waals surface area contributed by atoms with E-state index in [9.17, 15) is 4.79 Å². The number of aryl methyl sites for hydroxylation is 1. The molecule has 3 aromatic rings. The van der Waals surface area contributed by atoms with Gasteiger partial charge in [-0.05, 0) is 25.1 Å². The van der Waals surface area contributed by atoms with E-state index in [1.54, 1.807) is 0 Å². The van der Waals surface area contributed by atoms with E-state index in [1.807, 2.05) is 67.1 Å². The van der Waals surface area contributed by atoms with E-state index < -0.39 is 0 Å². The molecular formula is C18H18N4OS. The van der Waals surface area contributed by atoms with Crippen LogP contribution >= 0.6 is 11.8 Å². The van der Waals surface area contributed by atoms with Gasteiger partial charge in [-0.15, -0.1) is 10.2 Å². The molecule has 24 heavy (non-hydrogen) atoms. The third-order valence-electron chi connectivity index (χ3n) is 3.50. The van der Waals surface area contributed by atoms with E-state index in [1.165, 1.54) is 17.3 Å². The lowest BCUT2D eigenvalue weighted by Crippen LogP contribution is -2.14. The minimum Gasteiger partial charge on any atom is -0.325 e. The van der Waals surface area contributed by atoms with Gasteiger partial charge in [0.1, 0.15) is 0 Å². The summed E-state index contributed by atoms with van der Waals surface area (Å²) in [5, 5.41) is 12.0. The van der Waals surface area contributed by atoms with Crippen LogP contribution < -0.4 is 5.32 Å². The molecule has 0 atom stereocenters. The zero-order chi connectivity index (χ0) is 16.9. The SMILES string of the molecule is Cc1cccc(-c2nnc(SCC(=O)Nc3ccccc3)n2C)c1. The second-order valence-corrected chi connectivity index (χ2v) is 6.38. The summed E-state index contributed by atoms with van der Waals surface area (Å²) in [5.74, 6) is 1.02. The first-order valence-electron chi connectivity index (χ1n) is 7.57. The minimum atomic E-state index is -0.0636. The molecule has 1 aromatic heterocycles. The van der Waals surface area contributed by atoms with E-state index in [0.29, 0.717) is 0 Å². The second-order valence-electron chi connectivity index (χ2n) is 5.44. The topological polar surface area (TPSA) is 59.8 Å². The number of thioether (sulfide) groups is 1. The first-order chi connectivity index (χ1) is 11.6. The van der Waals surface area contributed by atoms with Crippen molar-refractivity contribution in [3.8, 4) is 11.4 Å². The van der Waals surface area contributed by atoms with Crippen molar-refractivity contribution in [2.45, 2.75) is 12.1 Å². The van der Waals surface area contributed by atoms with Crippen molar-refractivity contribution in [3.05, 3.63) is 60.2 Å². The monoisotopic (exact) mass is 338 g/mol. The summed E-state index contributed by atoms with van der Waals surface area (Å²) in [5.41, 5.74) is 2.99. The van der Waals surface area contributed by atoms with Crippen LogP contribution in [0.4, 0.5) is 5.69 Å². The van der Waals surface area contributed by atoms with Gasteiger partial charge in [0.2, 0.25) is 5.91 Å². The van der Waals surface area contributed by atoms with Crippen LogP contribution in [0.15, 0.2) is 59.8 Å². The van der Waals surface area contributed by atoms with Gasteiger partial charge in [0, 0.05) is 18.3 Å². The number of carbonyl (C=O) groups is 1. The van der Waals surface area contributed by atoms with Gasteiger partial charge in [-0.3, -0.25) is 4.79 Å². The van der Waals surface area contributed by atoms with Crippen molar-refractivity contribution in [1.82, 2.24) is 14.8 Å². The van der Waals surface area contributed by atoms with Crippen LogP contribution in [0.2, 0.25) is 0 Å². The van der Waals surface area contributed by atoms with E-state index in [0.717, 1.165) is 22.2 Å². The maximum Gasteiger partial charge on any atom is 0.234 e. The Bertz CT molecular complexity index is 845. The number of nitrogens with one attached hydrogen (secondary N) is 1. The Morgan fingerprint density at radius 2 is 1.92 bits per heavy atom. The van der Waals surface area contributed by atoms with E-state index >= 15 is 0 Å². The highest BCUT2D eigenvalue weighted by atomic mass is 32.2. The Morgan fingerprint density at radius 1 is 1.12 bits per heavy atom. The van der Waals surface area contributed by atoms with Crippen LogP contribution in [0.25, 0.3) is 11.4 Å². The van der Waals surface area contributed by atoms with Crippen LogP contribution in [-0.2, 0) is 11.8 Å². The van der Waals surface area contributed by atoms with E-state index in [-0.39, 0.29) is 11.7 Å². The molecule has 5 nitrogen and oxygen atoms in total. The Balaban J connectivity index is 1.65. The molecule has 1 amide bonds. The summed E-state index contributed by atoms with van der Waals surface area (Å²) in [6.07, 6.45) is 0. The number of amides is 1. The first kappa shape index (κ1) is 16.3. The Labute approximate surface area is 145 Å². The van der Waals surface area contributed by atoms with Crippen molar-refractivity contribution in [2.24, 2.45) is 7.05 Å². The minimum absolute atomic E-state index is 0.0636. The molecule has 122 valence electrons. The summed E-state index contributed by atoms with van der Waals surface area (Å²) in [6.45, 7) is 2.05. The normalized spacial score (nSPS) is 10.6.